The van der Waals surface area contributed by atoms with Gasteiger partial charge in [-0.2, -0.15) is 0 Å². The van der Waals surface area contributed by atoms with Crippen LogP contribution < -0.4 is 0 Å². The zero-order chi connectivity index (χ0) is 40.3. The normalized spacial score (nSPS) is 56.6. The van der Waals surface area contributed by atoms with Crippen molar-refractivity contribution in [1.82, 2.24) is 0 Å². The highest BCUT2D eigenvalue weighted by Gasteiger charge is 2.72. The Morgan fingerprint density at radius 1 is 0.818 bits per heavy atom. The van der Waals surface area contributed by atoms with Gasteiger partial charge in [0, 0.05) is 11.3 Å². The van der Waals surface area contributed by atoms with Gasteiger partial charge in [0.05, 0.1) is 36.9 Å². The molecule has 6 fully saturated rings. The zero-order valence-electron chi connectivity index (χ0n) is 33.2. The lowest BCUT2D eigenvalue weighted by Crippen LogP contribution is -2.69. The molecule has 0 amide bonds. The fourth-order valence-electron chi connectivity index (χ4n) is 13.5. The molecule has 5 aliphatic carbocycles. The van der Waals surface area contributed by atoms with Gasteiger partial charge in [-0.3, -0.25) is 4.79 Å². The largest absolute Gasteiger partial charge is 0.432 e. The lowest BCUT2D eigenvalue weighted by molar-refractivity contribution is -0.313. The van der Waals surface area contributed by atoms with Crippen LogP contribution in [0.15, 0.2) is 11.6 Å². The molecule has 0 aromatic carbocycles. The van der Waals surface area contributed by atoms with E-state index in [1.54, 1.807) is 0 Å². The fourth-order valence-corrected chi connectivity index (χ4v) is 13.5. The van der Waals surface area contributed by atoms with Crippen LogP contribution in [0.25, 0.3) is 0 Å². The maximum atomic E-state index is 14.6. The third-order valence-electron chi connectivity index (χ3n) is 17.4. The van der Waals surface area contributed by atoms with E-state index in [4.69, 9.17) is 18.9 Å². The summed E-state index contributed by atoms with van der Waals surface area (Å²) in [6, 6.07) is 0. The molecule has 0 radical (unpaired) electrons. The molecule has 0 aromatic rings. The summed E-state index contributed by atoms with van der Waals surface area (Å²) in [5.41, 5.74) is -2.97. The average Bonchev–Trinajstić information content (AvgIpc) is 3.14. The zero-order valence-corrected chi connectivity index (χ0v) is 33.2. The van der Waals surface area contributed by atoms with E-state index in [-0.39, 0.29) is 41.8 Å². The number of fused-ring (bicyclic) bond motifs is 7. The fraction of sp³-hybridized carbons (Fsp3) is 0.927. The topological polar surface area (TPSA) is 236 Å². The van der Waals surface area contributed by atoms with Gasteiger partial charge in [-0.15, -0.1) is 0 Å². The van der Waals surface area contributed by atoms with Gasteiger partial charge in [-0.25, -0.2) is 0 Å². The molecule has 14 nitrogen and oxygen atoms in total. The van der Waals surface area contributed by atoms with Gasteiger partial charge in [0.15, 0.2) is 6.29 Å². The molecule has 0 spiro atoms. The number of carbonyl (C=O) groups is 1. The van der Waals surface area contributed by atoms with E-state index in [1.807, 2.05) is 20.8 Å². The quantitative estimate of drug-likeness (QED) is 0.104. The summed E-state index contributed by atoms with van der Waals surface area (Å²) in [7, 11) is 0. The number of aliphatic hydroxyl groups is 9. The first kappa shape index (κ1) is 41.9. The second-order valence-electron chi connectivity index (χ2n) is 19.7. The van der Waals surface area contributed by atoms with Crippen molar-refractivity contribution in [2.24, 2.45) is 50.7 Å². The van der Waals surface area contributed by atoms with Crippen LogP contribution in [-0.2, 0) is 23.7 Å². The van der Waals surface area contributed by atoms with Crippen molar-refractivity contribution in [3.63, 3.8) is 0 Å². The minimum atomic E-state index is -1.73. The Balaban J connectivity index is 1.20. The van der Waals surface area contributed by atoms with Crippen molar-refractivity contribution in [2.75, 3.05) is 19.8 Å². The van der Waals surface area contributed by atoms with Crippen LogP contribution in [0.2, 0.25) is 0 Å². The Morgan fingerprint density at radius 2 is 1.51 bits per heavy atom. The standard InChI is InChI=1S/C41H66O14/c1-20-9-14-41(35(50)55-34-31(49)29(47)28(46)23(17-42)53-34)16-15-38(4)21(32(41)40(20,6)51)7-8-25-36(2)12-11-26(54-33-30(48)27(45)22(44)18-52-33)37(3,19-43)24(36)10-13-39(25,38)5/h7,20,22-34,42-49,51H,8-19H2,1-6H3/t20-,22+,23-,24+,25-,26+,27+,28-,29+,30-,31-,32+,33-,34+,36+,37+,38-,39-,40-,41+/m1/s1. The van der Waals surface area contributed by atoms with Gasteiger partial charge in [0.1, 0.15) is 42.7 Å². The highest BCUT2D eigenvalue weighted by atomic mass is 16.7. The predicted octanol–water partition coefficient (Wildman–Crippen LogP) is 0.899. The lowest BCUT2D eigenvalue weighted by Gasteiger charge is -2.72. The number of esters is 1. The highest BCUT2D eigenvalue weighted by molar-refractivity contribution is 5.79. The van der Waals surface area contributed by atoms with Gasteiger partial charge >= 0.3 is 5.97 Å². The van der Waals surface area contributed by atoms with E-state index >= 15 is 0 Å². The number of hydrogen-bond donors (Lipinski definition) is 9. The molecule has 7 aliphatic rings. The molecular weight excluding hydrogens is 716 g/mol. The van der Waals surface area contributed by atoms with Crippen molar-refractivity contribution in [2.45, 2.75) is 166 Å². The molecule has 2 saturated heterocycles. The molecule has 0 bridgehead atoms. The predicted molar refractivity (Wildman–Crippen MR) is 194 cm³/mol. The van der Waals surface area contributed by atoms with Crippen molar-refractivity contribution in [3.8, 4) is 0 Å². The maximum Gasteiger partial charge on any atom is 0.315 e. The Labute approximate surface area is 323 Å². The molecule has 14 heteroatoms. The number of ether oxygens (including phenoxy) is 4. The van der Waals surface area contributed by atoms with Crippen LogP contribution in [0.1, 0.15) is 99.3 Å². The average molecular weight is 783 g/mol. The Bertz CT molecular complexity index is 1490. The SMILES string of the molecule is C[C@@H]1CC[C@]2(C(=O)O[C@@H]3O[C@H](CO)[C@@H](O)[C@H](O)[C@H]3O)CC[C@]3(C)C(=CC[C@@H]4[C@@]5(C)CC[C@H](O[C@H]6OC[C@H](O)[C@H](O)[C@H]6O)[C@@](C)(CO)[C@H]5CC[C@]43C)[C@H]2[C@]1(C)O. The first-order valence-corrected chi connectivity index (χ1v) is 20.5. The Kier molecular flexibility index (Phi) is 10.8. The van der Waals surface area contributed by atoms with Crippen molar-refractivity contribution < 1.29 is 69.7 Å². The molecule has 4 saturated carbocycles. The van der Waals surface area contributed by atoms with Crippen LogP contribution in [0.3, 0.4) is 0 Å². The van der Waals surface area contributed by atoms with Gasteiger partial charge in [0.2, 0.25) is 6.29 Å². The number of carbonyl (C=O) groups excluding carboxylic acids is 1. The lowest BCUT2D eigenvalue weighted by atomic mass is 9.33. The molecular formula is C41H66O14. The van der Waals surface area contributed by atoms with Crippen LogP contribution in [0.5, 0.6) is 0 Å². The van der Waals surface area contributed by atoms with Gasteiger partial charge in [-0.1, -0.05) is 46.3 Å². The van der Waals surface area contributed by atoms with E-state index < -0.39 is 102 Å². The van der Waals surface area contributed by atoms with Gasteiger partial charge < -0.3 is 64.9 Å². The van der Waals surface area contributed by atoms with Crippen LogP contribution in [-0.4, -0.2) is 139 Å². The Morgan fingerprint density at radius 3 is 2.18 bits per heavy atom. The number of aliphatic hydroxyl groups excluding tert-OH is 8. The summed E-state index contributed by atoms with van der Waals surface area (Å²) in [5, 5.41) is 96.0. The number of hydrogen-bond acceptors (Lipinski definition) is 14. The van der Waals surface area contributed by atoms with Gasteiger partial charge in [0.25, 0.3) is 0 Å². The first-order valence-electron chi connectivity index (χ1n) is 20.5. The summed E-state index contributed by atoms with van der Waals surface area (Å²) < 4.78 is 23.5. The van der Waals surface area contributed by atoms with E-state index in [9.17, 15) is 50.8 Å². The van der Waals surface area contributed by atoms with E-state index in [0.717, 1.165) is 24.8 Å². The number of allylic oxidation sites excluding steroid dienone is 1. The molecule has 20 atom stereocenters. The third-order valence-corrected chi connectivity index (χ3v) is 17.4. The van der Waals surface area contributed by atoms with Crippen LogP contribution >= 0.6 is 0 Å². The molecule has 0 unspecified atom stereocenters. The molecule has 2 heterocycles. The second-order valence-corrected chi connectivity index (χ2v) is 19.7. The summed E-state index contributed by atoms with van der Waals surface area (Å²) in [6.07, 6.45) is -5.44. The molecule has 0 aromatic heterocycles. The molecule has 2 aliphatic heterocycles. The first-order chi connectivity index (χ1) is 25.7. The smallest absolute Gasteiger partial charge is 0.315 e. The maximum absolute atomic E-state index is 14.6. The molecule has 314 valence electrons. The second kappa shape index (κ2) is 14.2. The molecule has 7 rings (SSSR count). The van der Waals surface area contributed by atoms with Gasteiger partial charge in [-0.05, 0) is 98.7 Å². The summed E-state index contributed by atoms with van der Waals surface area (Å²) in [5.74, 6) is -1.14. The minimum absolute atomic E-state index is 0.0469. The van der Waals surface area contributed by atoms with Crippen LogP contribution in [0, 0.1) is 50.7 Å². The van der Waals surface area contributed by atoms with Crippen LogP contribution in [0.4, 0.5) is 0 Å². The number of rotatable bonds is 6. The summed E-state index contributed by atoms with van der Waals surface area (Å²) in [4.78, 5) is 14.6. The Hall–Kier alpha value is -1.27. The molecule has 9 N–H and O–H groups in total. The summed E-state index contributed by atoms with van der Waals surface area (Å²) >= 11 is 0. The van der Waals surface area contributed by atoms with E-state index in [0.29, 0.717) is 38.5 Å². The van der Waals surface area contributed by atoms with Crippen molar-refractivity contribution in [3.05, 3.63) is 11.6 Å². The highest BCUT2D eigenvalue weighted by Crippen LogP contribution is 2.76. The monoisotopic (exact) mass is 782 g/mol. The van der Waals surface area contributed by atoms with Crippen molar-refractivity contribution in [1.29, 1.82) is 0 Å². The van der Waals surface area contributed by atoms with Crippen molar-refractivity contribution >= 4 is 5.97 Å². The van der Waals surface area contributed by atoms with E-state index in [2.05, 4.69) is 26.8 Å². The summed E-state index contributed by atoms with van der Waals surface area (Å²) in [6.45, 7) is 11.9. The molecule has 55 heavy (non-hydrogen) atoms. The minimum Gasteiger partial charge on any atom is -0.432 e. The van der Waals surface area contributed by atoms with E-state index in [1.165, 1.54) is 0 Å². The third kappa shape index (κ3) is 5.89.